The molecule has 0 aliphatic carbocycles. The molecule has 1 saturated heterocycles. The summed E-state index contributed by atoms with van der Waals surface area (Å²) in [5.74, 6) is 1.14. The molecule has 1 fully saturated rings. The molecule has 2 aromatic rings. The van der Waals surface area contributed by atoms with Crippen LogP contribution in [0.2, 0.25) is 0 Å². The predicted octanol–water partition coefficient (Wildman–Crippen LogP) is 3.39. The summed E-state index contributed by atoms with van der Waals surface area (Å²) < 4.78 is 0. The Labute approximate surface area is 155 Å². The van der Waals surface area contributed by atoms with E-state index >= 15 is 0 Å². The molecule has 0 saturated carbocycles. The fraction of sp³-hybridized carbons (Fsp3) is 0.450. The number of likely N-dealkylation sites (tertiary alicyclic amines) is 1. The van der Waals surface area contributed by atoms with Gasteiger partial charge in [0.1, 0.15) is 0 Å². The first kappa shape index (κ1) is 18.3. The van der Waals surface area contributed by atoms with Crippen LogP contribution in [0.15, 0.2) is 42.7 Å². The molecular formula is C20H27N5O. The second-order valence-electron chi connectivity index (χ2n) is 7.77. The van der Waals surface area contributed by atoms with Crippen molar-refractivity contribution in [1.82, 2.24) is 20.2 Å². The number of rotatable bonds is 4. The van der Waals surface area contributed by atoms with E-state index in [4.69, 9.17) is 0 Å². The first-order valence-electron chi connectivity index (χ1n) is 9.09. The van der Waals surface area contributed by atoms with Crippen LogP contribution in [0.3, 0.4) is 0 Å². The Morgan fingerprint density at radius 1 is 1.19 bits per heavy atom. The number of aromatic nitrogens is 2. The van der Waals surface area contributed by atoms with Gasteiger partial charge < -0.3 is 10.6 Å². The molecule has 0 spiro atoms. The van der Waals surface area contributed by atoms with Crippen LogP contribution < -0.4 is 10.6 Å². The van der Waals surface area contributed by atoms with Crippen LogP contribution in [-0.4, -0.2) is 46.1 Å². The maximum Gasteiger partial charge on any atom is 0.319 e. The van der Waals surface area contributed by atoms with Crippen molar-refractivity contribution in [3.63, 3.8) is 0 Å². The van der Waals surface area contributed by atoms with Gasteiger partial charge in [-0.3, -0.25) is 4.90 Å². The van der Waals surface area contributed by atoms with Crippen molar-refractivity contribution >= 4 is 11.7 Å². The summed E-state index contributed by atoms with van der Waals surface area (Å²) in [7, 11) is 0. The molecule has 3 rings (SSSR count). The van der Waals surface area contributed by atoms with Crippen molar-refractivity contribution in [2.45, 2.75) is 32.7 Å². The number of urea groups is 1. The number of anilines is 1. The van der Waals surface area contributed by atoms with Crippen molar-refractivity contribution in [1.29, 1.82) is 0 Å². The second-order valence-corrected chi connectivity index (χ2v) is 7.77. The van der Waals surface area contributed by atoms with Gasteiger partial charge in [-0.1, -0.05) is 30.3 Å². The van der Waals surface area contributed by atoms with Gasteiger partial charge in [0.2, 0.25) is 0 Å². The van der Waals surface area contributed by atoms with Crippen molar-refractivity contribution in [3.8, 4) is 11.4 Å². The lowest BCUT2D eigenvalue weighted by atomic mass is 10.1. The van der Waals surface area contributed by atoms with Crippen molar-refractivity contribution < 1.29 is 4.79 Å². The van der Waals surface area contributed by atoms with E-state index in [1.165, 1.54) is 0 Å². The maximum absolute atomic E-state index is 12.1. The summed E-state index contributed by atoms with van der Waals surface area (Å²) in [6.45, 7) is 9.49. The van der Waals surface area contributed by atoms with Crippen LogP contribution >= 0.6 is 0 Å². The van der Waals surface area contributed by atoms with Crippen LogP contribution in [0.4, 0.5) is 10.5 Å². The average molecular weight is 353 g/mol. The molecule has 1 aliphatic heterocycles. The van der Waals surface area contributed by atoms with Crippen LogP contribution in [0.1, 0.15) is 27.2 Å². The van der Waals surface area contributed by atoms with Gasteiger partial charge >= 0.3 is 6.03 Å². The van der Waals surface area contributed by atoms with E-state index in [0.717, 1.165) is 25.1 Å². The van der Waals surface area contributed by atoms with E-state index in [1.807, 2.05) is 30.3 Å². The van der Waals surface area contributed by atoms with E-state index < -0.39 is 0 Å². The van der Waals surface area contributed by atoms with E-state index in [1.54, 1.807) is 12.4 Å². The quantitative estimate of drug-likeness (QED) is 0.884. The Morgan fingerprint density at radius 3 is 2.50 bits per heavy atom. The molecule has 26 heavy (non-hydrogen) atoms. The fourth-order valence-corrected chi connectivity index (χ4v) is 3.15. The van der Waals surface area contributed by atoms with Crippen LogP contribution in [0, 0.1) is 5.92 Å². The molecule has 1 aliphatic rings. The molecule has 2 heterocycles. The largest absolute Gasteiger partial charge is 0.338 e. The van der Waals surface area contributed by atoms with E-state index in [9.17, 15) is 4.79 Å². The smallest absolute Gasteiger partial charge is 0.319 e. The zero-order valence-electron chi connectivity index (χ0n) is 15.7. The third-order valence-corrected chi connectivity index (χ3v) is 4.73. The number of hydrogen-bond donors (Lipinski definition) is 2. The summed E-state index contributed by atoms with van der Waals surface area (Å²) in [6, 6.07) is 9.55. The highest BCUT2D eigenvalue weighted by atomic mass is 16.2. The predicted molar refractivity (Wildman–Crippen MR) is 104 cm³/mol. The number of nitrogens with one attached hydrogen (secondary N) is 2. The summed E-state index contributed by atoms with van der Waals surface area (Å²) in [5, 5.41) is 5.76. The molecule has 6 nitrogen and oxygen atoms in total. The second kappa shape index (κ2) is 7.83. The van der Waals surface area contributed by atoms with Crippen molar-refractivity contribution in [3.05, 3.63) is 42.7 Å². The molecule has 138 valence electrons. The van der Waals surface area contributed by atoms with Crippen LogP contribution in [-0.2, 0) is 0 Å². The Hall–Kier alpha value is -2.47. The highest BCUT2D eigenvalue weighted by molar-refractivity contribution is 5.88. The minimum absolute atomic E-state index is 0.189. The van der Waals surface area contributed by atoms with Gasteiger partial charge in [0.15, 0.2) is 5.82 Å². The zero-order chi connectivity index (χ0) is 18.6. The number of nitrogens with zero attached hydrogens (tertiary/aromatic N) is 3. The van der Waals surface area contributed by atoms with E-state index in [0.29, 0.717) is 24.0 Å². The first-order valence-corrected chi connectivity index (χ1v) is 9.09. The normalized spacial score (nSPS) is 17.9. The fourth-order valence-electron chi connectivity index (χ4n) is 3.15. The van der Waals surface area contributed by atoms with Gasteiger partial charge in [0.25, 0.3) is 0 Å². The number of carbonyl (C=O) groups is 1. The third kappa shape index (κ3) is 4.79. The Bertz CT molecular complexity index is 724. The van der Waals surface area contributed by atoms with Gasteiger partial charge in [-0.25, -0.2) is 14.8 Å². The topological polar surface area (TPSA) is 70.2 Å². The Balaban J connectivity index is 1.47. The standard InChI is InChI=1S/C20H27N5O/c1-20(2,3)25-10-9-15(14-25)11-23-19(26)24-17-12-21-18(22-13-17)16-7-5-4-6-8-16/h4-8,12-13,15H,9-11,14H2,1-3H3,(H2,23,24,26). The molecule has 1 atom stereocenters. The molecule has 0 bridgehead atoms. The van der Waals surface area contributed by atoms with Crippen molar-refractivity contribution in [2.75, 3.05) is 25.0 Å². The van der Waals surface area contributed by atoms with Gasteiger partial charge in [-0.05, 0) is 39.7 Å². The number of amides is 2. The Kier molecular flexibility index (Phi) is 5.52. The van der Waals surface area contributed by atoms with Gasteiger partial charge in [-0.2, -0.15) is 0 Å². The molecule has 2 amide bonds. The highest BCUT2D eigenvalue weighted by Gasteiger charge is 2.30. The van der Waals surface area contributed by atoms with Gasteiger partial charge in [-0.15, -0.1) is 0 Å². The van der Waals surface area contributed by atoms with Gasteiger partial charge in [0, 0.05) is 24.2 Å². The molecule has 1 aromatic carbocycles. The van der Waals surface area contributed by atoms with Gasteiger partial charge in [0.05, 0.1) is 18.1 Å². The molecule has 2 N–H and O–H groups in total. The lowest BCUT2D eigenvalue weighted by Gasteiger charge is -2.31. The van der Waals surface area contributed by atoms with E-state index in [-0.39, 0.29) is 11.6 Å². The van der Waals surface area contributed by atoms with E-state index in [2.05, 4.69) is 46.3 Å². The minimum atomic E-state index is -0.213. The highest BCUT2D eigenvalue weighted by Crippen LogP contribution is 2.23. The number of hydrogen-bond acceptors (Lipinski definition) is 4. The van der Waals surface area contributed by atoms with Crippen LogP contribution in [0.25, 0.3) is 11.4 Å². The minimum Gasteiger partial charge on any atom is -0.338 e. The number of benzene rings is 1. The summed E-state index contributed by atoms with van der Waals surface area (Å²) in [6.07, 6.45) is 4.38. The third-order valence-electron chi connectivity index (χ3n) is 4.73. The Morgan fingerprint density at radius 2 is 1.88 bits per heavy atom. The first-order chi connectivity index (χ1) is 12.4. The molecule has 1 aromatic heterocycles. The zero-order valence-corrected chi connectivity index (χ0v) is 15.7. The maximum atomic E-state index is 12.1. The average Bonchev–Trinajstić information content (AvgIpc) is 3.11. The number of carbonyl (C=O) groups excluding carboxylic acids is 1. The lowest BCUT2D eigenvalue weighted by Crippen LogP contribution is -2.40. The molecular weight excluding hydrogens is 326 g/mol. The molecule has 1 unspecified atom stereocenters. The van der Waals surface area contributed by atoms with Crippen molar-refractivity contribution in [2.24, 2.45) is 5.92 Å². The molecule has 6 heteroatoms. The monoisotopic (exact) mass is 353 g/mol. The lowest BCUT2D eigenvalue weighted by molar-refractivity contribution is 0.168. The summed E-state index contributed by atoms with van der Waals surface area (Å²) in [4.78, 5) is 23.2. The SMILES string of the molecule is CC(C)(C)N1CCC(CNC(=O)Nc2cnc(-c3ccccc3)nc2)C1. The summed E-state index contributed by atoms with van der Waals surface area (Å²) >= 11 is 0. The van der Waals surface area contributed by atoms with Crippen LogP contribution in [0.5, 0.6) is 0 Å². The summed E-state index contributed by atoms with van der Waals surface area (Å²) in [5.41, 5.74) is 1.73. The molecule has 0 radical (unpaired) electrons.